The maximum atomic E-state index is 14.3. The van der Waals surface area contributed by atoms with E-state index in [0.29, 0.717) is 52.2 Å². The number of hydroxylamine groups is 1. The molecule has 4 aliphatic heterocycles. The van der Waals surface area contributed by atoms with Crippen LogP contribution < -0.4 is 24.9 Å². The molecule has 79 heavy (non-hydrogen) atoms. The molecule has 2 bridgehead atoms. The number of ether oxygens (including phenoxy) is 1. The van der Waals surface area contributed by atoms with E-state index >= 15 is 0 Å². The Morgan fingerprint density at radius 1 is 0.886 bits per heavy atom. The van der Waals surface area contributed by atoms with Crippen LogP contribution in [0.25, 0.3) is 33.4 Å². The van der Waals surface area contributed by atoms with Crippen LogP contribution in [0.2, 0.25) is 5.02 Å². The minimum Gasteiger partial charge on any atom is -0.507 e. The Hall–Kier alpha value is -7.35. The molecule has 2 amide bonds. The van der Waals surface area contributed by atoms with E-state index in [9.17, 15) is 24.2 Å². The Bertz CT molecular complexity index is 3360. The van der Waals surface area contributed by atoms with Crippen LogP contribution in [0.1, 0.15) is 94.8 Å². The van der Waals surface area contributed by atoms with Gasteiger partial charge in [-0.05, 0) is 134 Å². The predicted octanol–water partition coefficient (Wildman–Crippen LogP) is 8.81. The third-order valence-corrected chi connectivity index (χ3v) is 18.1. The van der Waals surface area contributed by atoms with Gasteiger partial charge in [0, 0.05) is 79.3 Å². The number of nitrogens with one attached hydrogen (secondary N) is 2. The summed E-state index contributed by atoms with van der Waals surface area (Å²) in [7, 11) is 0. The number of aromatic amines is 1. The van der Waals surface area contributed by atoms with Crippen molar-refractivity contribution in [2.24, 2.45) is 11.3 Å². The van der Waals surface area contributed by atoms with Crippen molar-refractivity contribution in [3.63, 3.8) is 0 Å². The number of phenolic OH excluding ortho intramolecular Hbond substituents is 1. The molecule has 4 N–H and O–H groups in total. The van der Waals surface area contributed by atoms with Crippen molar-refractivity contribution in [3.8, 4) is 39.8 Å². The second-order valence-corrected chi connectivity index (χ2v) is 23.5. The van der Waals surface area contributed by atoms with Crippen LogP contribution in [-0.2, 0) is 9.59 Å². The summed E-state index contributed by atoms with van der Waals surface area (Å²) < 4.78 is 26.4. The van der Waals surface area contributed by atoms with Gasteiger partial charge in [0.1, 0.15) is 34.7 Å². The van der Waals surface area contributed by atoms with Crippen LogP contribution in [0, 0.1) is 17.2 Å². The van der Waals surface area contributed by atoms with Gasteiger partial charge < -0.3 is 48.9 Å². The summed E-state index contributed by atoms with van der Waals surface area (Å²) >= 11 is 6.91. The highest BCUT2D eigenvalue weighted by Gasteiger charge is 2.56. The molecule has 1 spiro atoms. The predicted molar refractivity (Wildman–Crippen MR) is 293 cm³/mol. The number of aromatic hydroxyl groups is 1. The highest BCUT2D eigenvalue weighted by atomic mass is 35.5. The van der Waals surface area contributed by atoms with E-state index in [1.165, 1.54) is 16.5 Å². The van der Waals surface area contributed by atoms with E-state index in [-0.39, 0.29) is 58.6 Å². The first-order valence-corrected chi connectivity index (χ1v) is 28.1. The van der Waals surface area contributed by atoms with Gasteiger partial charge in [-0.15, -0.1) is 10.2 Å². The molecule has 7 aromatic rings. The zero-order valence-electron chi connectivity index (χ0n) is 44.0. The molecule has 2 saturated carbocycles. The Labute approximate surface area is 461 Å². The number of para-hydroxylation sites is 1. The number of piperidine rings is 1. The number of nitrogens with zero attached hydrogens (tertiary/aromatic N) is 9. The van der Waals surface area contributed by atoms with Crippen molar-refractivity contribution in [2.75, 3.05) is 42.5 Å². The van der Waals surface area contributed by atoms with Crippen molar-refractivity contribution >= 4 is 46.1 Å². The molecular weight excluding hydrogens is 1030 g/mol. The largest absolute Gasteiger partial charge is 0.507 e. The molecule has 13 rings (SSSR count). The second kappa shape index (κ2) is 20.7. The average molecular weight is 1090 g/mol. The van der Waals surface area contributed by atoms with E-state index in [1.54, 1.807) is 54.6 Å². The number of carbonyl (C=O) groups is 2. The molecule has 8 heterocycles. The fourth-order valence-corrected chi connectivity index (χ4v) is 13.9. The number of halogens is 2. The van der Waals surface area contributed by atoms with Crippen LogP contribution in [0.3, 0.4) is 0 Å². The second-order valence-electron chi connectivity index (χ2n) is 23.1. The molecule has 0 radical (unpaired) electrons. The molecule has 6 fully saturated rings. The lowest BCUT2D eigenvalue weighted by atomic mass is 9.52. The zero-order chi connectivity index (χ0) is 54.1. The molecule has 6 aliphatic rings. The van der Waals surface area contributed by atoms with E-state index in [2.05, 4.69) is 52.9 Å². The lowest BCUT2D eigenvalue weighted by Gasteiger charge is -2.60. The highest BCUT2D eigenvalue weighted by Crippen LogP contribution is 2.59. The molecule has 5 atom stereocenters. The fourth-order valence-electron chi connectivity index (χ4n) is 13.7. The number of anilines is 2. The van der Waals surface area contributed by atoms with Gasteiger partial charge >= 0.3 is 0 Å². The number of H-pyrrole nitrogens is 1. The van der Waals surface area contributed by atoms with E-state index in [1.807, 2.05) is 38.2 Å². The maximum absolute atomic E-state index is 14.3. The van der Waals surface area contributed by atoms with Gasteiger partial charge in [0.25, 0.3) is 11.8 Å². The van der Waals surface area contributed by atoms with E-state index in [4.69, 9.17) is 35.7 Å². The smallest absolute Gasteiger partial charge is 0.275 e. The van der Waals surface area contributed by atoms with Crippen molar-refractivity contribution in [2.45, 2.75) is 120 Å². The van der Waals surface area contributed by atoms with Gasteiger partial charge in [-0.2, -0.15) is 5.48 Å². The number of fused-ring (bicyclic) bond motifs is 3. The number of rotatable bonds is 14. The van der Waals surface area contributed by atoms with E-state index < -0.39 is 29.9 Å². The Kier molecular flexibility index (Phi) is 13.4. The number of amides is 2. The number of aliphatic hydroxyl groups is 1. The van der Waals surface area contributed by atoms with Crippen LogP contribution >= 0.6 is 11.6 Å². The molecular formula is C59H63ClFN11O7. The average Bonchev–Trinajstić information content (AvgIpc) is 4.37. The third-order valence-electron chi connectivity index (χ3n) is 17.8. The number of hydrogen-bond donors (Lipinski definition) is 4. The minimum absolute atomic E-state index is 0.0167. The normalized spacial score (nSPS) is 25.4. The summed E-state index contributed by atoms with van der Waals surface area (Å²) in [6.45, 7) is 7.47. The number of carbonyl (C=O) groups excluding carboxylic acids is 2. The Morgan fingerprint density at radius 2 is 1.59 bits per heavy atom. The van der Waals surface area contributed by atoms with Crippen molar-refractivity contribution in [3.05, 3.63) is 120 Å². The van der Waals surface area contributed by atoms with Crippen molar-refractivity contribution in [1.82, 2.24) is 45.6 Å². The van der Waals surface area contributed by atoms with Crippen LogP contribution in [0.5, 0.6) is 17.4 Å². The number of β-amino-alcohol motifs (C(OH)–C–C–N with tert-alkyl or cyclic N) is 1. The first-order chi connectivity index (χ1) is 38.3. The zero-order valence-corrected chi connectivity index (χ0v) is 44.8. The van der Waals surface area contributed by atoms with Crippen molar-refractivity contribution in [1.29, 1.82) is 0 Å². The number of piperazine rings is 1. The number of benzene rings is 3. The summed E-state index contributed by atoms with van der Waals surface area (Å²) in [5.41, 5.74) is 8.09. The van der Waals surface area contributed by atoms with Crippen LogP contribution in [-0.4, -0.2) is 131 Å². The van der Waals surface area contributed by atoms with Crippen LogP contribution in [0.15, 0.2) is 102 Å². The standard InChI is InChI=1S/C59H63ClFN11O7/c1-33(2)51(57(76)71-32-40(73)21-48(71)55(75)67-78-41-15-11-35(12-16-41)43-7-3-5-9-46(43)61)53-52(60)56(68-79-53)77-42-25-59(26-42)23-39(24-59)69-19-17-34(18-20-69)36-27-63-58(64-28-36)72-37-13-14-38(72)31-70(30-37)49-29-62-54-45(49)22-47(65-66-54)44-8-4-6-10-50(44)74/h3-12,15-16,22,27-29,33-34,37-40,42,48,51,73-74H,13-14,17-21,23-26,30-32H2,1-2H3,(H,62,66)(H,67,75)/t37?,38?,39-,40-,42-,48+,51-,59?/m1/s1. The van der Waals surface area contributed by atoms with Gasteiger partial charge in [0.2, 0.25) is 11.9 Å². The van der Waals surface area contributed by atoms with Crippen LogP contribution in [0.4, 0.5) is 16.0 Å². The molecule has 18 nitrogen and oxygen atoms in total. The lowest BCUT2D eigenvalue weighted by Crippen LogP contribution is -2.59. The third kappa shape index (κ3) is 9.66. The molecule has 410 valence electrons. The monoisotopic (exact) mass is 1090 g/mol. The first kappa shape index (κ1) is 51.1. The maximum Gasteiger partial charge on any atom is 0.275 e. The first-order valence-electron chi connectivity index (χ1n) is 27.7. The molecule has 4 saturated heterocycles. The van der Waals surface area contributed by atoms with Gasteiger partial charge in [0.05, 0.1) is 17.5 Å². The topological polar surface area (TPSA) is 211 Å². The Balaban J connectivity index is 0.567. The number of aromatic nitrogens is 6. The molecule has 2 unspecified atom stereocenters. The summed E-state index contributed by atoms with van der Waals surface area (Å²) in [4.78, 5) is 55.6. The summed E-state index contributed by atoms with van der Waals surface area (Å²) in [5.74, 6) is -0.528. The number of aliphatic hydroxyl groups excluding tert-OH is 1. The summed E-state index contributed by atoms with van der Waals surface area (Å²) in [6.07, 6.45) is 13.5. The number of hydrogen-bond acceptors (Lipinski definition) is 15. The van der Waals surface area contributed by atoms with Gasteiger partial charge in [-0.3, -0.25) is 9.59 Å². The van der Waals surface area contributed by atoms with Crippen molar-refractivity contribution < 1.29 is 38.3 Å². The fraction of sp³-hybridized carbons (Fsp3) is 0.441. The SMILES string of the molecule is CC(C)[C@@H](C(=O)N1C[C@H](O)C[C@H]1C(=O)NOc1ccc(-c2ccccc2F)cc1)c1onc(O[C@H]2CC3(C2)C[C@H](N2CCC(c4cnc(N5C6CCC5CN(c5c[nH]c7nnc(-c8ccccc8O)cc57)C6)nc4)CC2)C3)c1Cl. The molecule has 3 aromatic carbocycles. The van der Waals surface area contributed by atoms with E-state index in [0.717, 1.165) is 100 Å². The highest BCUT2D eigenvalue weighted by molar-refractivity contribution is 6.32. The molecule has 20 heteroatoms. The summed E-state index contributed by atoms with van der Waals surface area (Å²) in [5, 5.41) is 35.3. The number of phenols is 1. The minimum atomic E-state index is -1.02. The van der Waals surface area contributed by atoms with Gasteiger partial charge in [-0.1, -0.05) is 67.9 Å². The molecule has 4 aromatic heterocycles. The quantitative estimate of drug-likeness (QED) is 0.0750. The number of likely N-dealkylation sites (tertiary alicyclic amines) is 2. The summed E-state index contributed by atoms with van der Waals surface area (Å²) in [6, 6.07) is 22.4. The lowest BCUT2D eigenvalue weighted by molar-refractivity contribution is -0.143. The molecule has 2 aliphatic carbocycles. The Morgan fingerprint density at radius 3 is 2.30 bits per heavy atom. The van der Waals surface area contributed by atoms with Gasteiger partial charge in [-0.25, -0.2) is 14.4 Å². The van der Waals surface area contributed by atoms with Gasteiger partial charge in [0.15, 0.2) is 17.2 Å².